The number of anilines is 2. The summed E-state index contributed by atoms with van der Waals surface area (Å²) in [5.74, 6) is 1.74. The molecule has 0 bridgehead atoms. The summed E-state index contributed by atoms with van der Waals surface area (Å²) < 4.78 is 0.925. The second kappa shape index (κ2) is 4.13. The molecular weight excluding hydrogens is 244 g/mol. The first-order chi connectivity index (χ1) is 6.81. The maximum Gasteiger partial charge on any atom is 0.146 e. The van der Waals surface area contributed by atoms with Gasteiger partial charge in [0.25, 0.3) is 0 Å². The van der Waals surface area contributed by atoms with E-state index in [-0.39, 0.29) is 0 Å². The van der Waals surface area contributed by atoms with Gasteiger partial charge in [-0.2, -0.15) is 0 Å². The van der Waals surface area contributed by atoms with E-state index in [1.54, 1.807) is 6.33 Å². The van der Waals surface area contributed by atoms with Crippen LogP contribution in [0.25, 0.3) is 0 Å². The number of halogens is 1. The molecule has 0 saturated heterocycles. The van der Waals surface area contributed by atoms with Crippen molar-refractivity contribution in [3.8, 4) is 0 Å². The largest absolute Gasteiger partial charge is 0.369 e. The van der Waals surface area contributed by atoms with Gasteiger partial charge in [-0.25, -0.2) is 9.97 Å². The lowest BCUT2D eigenvalue weighted by Gasteiger charge is -2.09. The summed E-state index contributed by atoms with van der Waals surface area (Å²) in [6.45, 7) is 2.90. The van der Waals surface area contributed by atoms with Gasteiger partial charge >= 0.3 is 0 Å². The lowest BCUT2D eigenvalue weighted by molar-refractivity contribution is 1.06. The first-order valence-electron chi connectivity index (χ1n) is 4.82. The van der Waals surface area contributed by atoms with E-state index >= 15 is 0 Å². The fourth-order valence-corrected chi connectivity index (χ4v) is 1.64. The Morgan fingerprint density at radius 3 is 2.79 bits per heavy atom. The third-order valence-corrected chi connectivity index (χ3v) is 2.80. The lowest BCUT2D eigenvalue weighted by atomic mass is 10.5. The molecule has 5 heteroatoms. The first-order valence-corrected chi connectivity index (χ1v) is 5.61. The van der Waals surface area contributed by atoms with Crippen molar-refractivity contribution in [1.82, 2.24) is 9.97 Å². The van der Waals surface area contributed by atoms with E-state index in [0.717, 1.165) is 22.7 Å². The van der Waals surface area contributed by atoms with Crippen LogP contribution in [0.5, 0.6) is 0 Å². The van der Waals surface area contributed by atoms with E-state index in [1.165, 1.54) is 12.8 Å². The maximum absolute atomic E-state index is 4.19. The van der Waals surface area contributed by atoms with Crippen molar-refractivity contribution in [3.63, 3.8) is 0 Å². The minimum atomic E-state index is 0.607. The Hall–Kier alpha value is -0.840. The summed E-state index contributed by atoms with van der Waals surface area (Å²) in [5.41, 5.74) is 0. The standard InChI is InChI=1S/C9H13BrN4/c1-2-11-8-7(10)9(13-5-12-8)14-6-3-4-6/h5-6H,2-4H2,1H3,(H2,11,12,13,14). The molecule has 1 aromatic heterocycles. The third kappa shape index (κ3) is 2.15. The van der Waals surface area contributed by atoms with Gasteiger partial charge in [-0.3, -0.25) is 0 Å². The third-order valence-electron chi connectivity index (χ3n) is 2.05. The molecular formula is C9H13BrN4. The summed E-state index contributed by atoms with van der Waals surface area (Å²) in [7, 11) is 0. The molecule has 1 aromatic rings. The van der Waals surface area contributed by atoms with Crippen LogP contribution in [-0.4, -0.2) is 22.6 Å². The van der Waals surface area contributed by atoms with Crippen LogP contribution >= 0.6 is 15.9 Å². The average Bonchev–Trinajstić information content (AvgIpc) is 2.96. The predicted molar refractivity (Wildman–Crippen MR) is 60.5 cm³/mol. The fourth-order valence-electron chi connectivity index (χ4n) is 1.18. The number of rotatable bonds is 4. The highest BCUT2D eigenvalue weighted by atomic mass is 79.9. The SMILES string of the molecule is CCNc1ncnc(NC2CC2)c1Br. The minimum Gasteiger partial charge on any atom is -0.369 e. The van der Waals surface area contributed by atoms with Gasteiger partial charge in [0.15, 0.2) is 0 Å². The second-order valence-corrected chi connectivity index (χ2v) is 4.13. The van der Waals surface area contributed by atoms with Crippen LogP contribution in [0.3, 0.4) is 0 Å². The van der Waals surface area contributed by atoms with Crippen molar-refractivity contribution in [3.05, 3.63) is 10.8 Å². The van der Waals surface area contributed by atoms with Crippen LogP contribution in [0.15, 0.2) is 10.8 Å². The molecule has 0 unspecified atom stereocenters. The maximum atomic E-state index is 4.19. The molecule has 0 amide bonds. The summed E-state index contributed by atoms with van der Waals surface area (Å²) >= 11 is 3.49. The molecule has 0 spiro atoms. The van der Waals surface area contributed by atoms with E-state index in [4.69, 9.17) is 0 Å². The summed E-state index contributed by atoms with van der Waals surface area (Å²) in [5, 5.41) is 6.52. The normalized spacial score (nSPS) is 15.3. The van der Waals surface area contributed by atoms with Gasteiger partial charge in [0, 0.05) is 12.6 Å². The molecule has 0 radical (unpaired) electrons. The first kappa shape index (κ1) is 9.71. The quantitative estimate of drug-likeness (QED) is 0.868. The molecule has 0 aliphatic heterocycles. The lowest BCUT2D eigenvalue weighted by Crippen LogP contribution is -2.07. The van der Waals surface area contributed by atoms with E-state index < -0.39 is 0 Å². The Kier molecular flexibility index (Phi) is 2.86. The van der Waals surface area contributed by atoms with Gasteiger partial charge in [0.2, 0.25) is 0 Å². The molecule has 4 nitrogen and oxygen atoms in total. The van der Waals surface area contributed by atoms with Crippen LogP contribution < -0.4 is 10.6 Å². The molecule has 76 valence electrons. The number of aromatic nitrogens is 2. The highest BCUT2D eigenvalue weighted by Gasteiger charge is 2.22. The number of hydrogen-bond donors (Lipinski definition) is 2. The molecule has 1 fully saturated rings. The van der Waals surface area contributed by atoms with Gasteiger partial charge in [-0.1, -0.05) is 0 Å². The number of nitrogens with one attached hydrogen (secondary N) is 2. The van der Waals surface area contributed by atoms with Crippen LogP contribution in [0.1, 0.15) is 19.8 Å². The van der Waals surface area contributed by atoms with Crippen LogP contribution in [0, 0.1) is 0 Å². The van der Waals surface area contributed by atoms with Crippen LogP contribution in [0.4, 0.5) is 11.6 Å². The molecule has 2 N–H and O–H groups in total. The van der Waals surface area contributed by atoms with Gasteiger partial charge in [-0.15, -0.1) is 0 Å². The highest BCUT2D eigenvalue weighted by Crippen LogP contribution is 2.31. The molecule has 14 heavy (non-hydrogen) atoms. The average molecular weight is 257 g/mol. The summed E-state index contributed by atoms with van der Waals surface area (Å²) in [6, 6.07) is 0.607. The molecule has 1 aliphatic rings. The Labute approximate surface area is 91.7 Å². The highest BCUT2D eigenvalue weighted by molar-refractivity contribution is 9.10. The number of hydrogen-bond acceptors (Lipinski definition) is 4. The molecule has 2 rings (SSSR count). The second-order valence-electron chi connectivity index (χ2n) is 3.33. The van der Waals surface area contributed by atoms with E-state index in [0.29, 0.717) is 6.04 Å². The summed E-state index contributed by atoms with van der Waals surface area (Å²) in [4.78, 5) is 8.34. The summed E-state index contributed by atoms with van der Waals surface area (Å²) in [6.07, 6.45) is 4.06. The molecule has 1 heterocycles. The molecule has 1 saturated carbocycles. The molecule has 1 aliphatic carbocycles. The topological polar surface area (TPSA) is 49.8 Å². The van der Waals surface area contributed by atoms with Crippen molar-refractivity contribution in [2.75, 3.05) is 17.2 Å². The van der Waals surface area contributed by atoms with Crippen molar-refractivity contribution in [1.29, 1.82) is 0 Å². The van der Waals surface area contributed by atoms with Crippen molar-refractivity contribution in [2.24, 2.45) is 0 Å². The van der Waals surface area contributed by atoms with Crippen molar-refractivity contribution < 1.29 is 0 Å². The zero-order chi connectivity index (χ0) is 9.97. The van der Waals surface area contributed by atoms with Crippen LogP contribution in [0.2, 0.25) is 0 Å². The van der Waals surface area contributed by atoms with E-state index in [1.807, 2.05) is 6.92 Å². The molecule has 0 aromatic carbocycles. The predicted octanol–water partition coefficient (Wildman–Crippen LogP) is 2.25. The Balaban J connectivity index is 2.16. The Morgan fingerprint density at radius 1 is 1.43 bits per heavy atom. The van der Waals surface area contributed by atoms with Gasteiger partial charge < -0.3 is 10.6 Å². The zero-order valence-electron chi connectivity index (χ0n) is 8.05. The van der Waals surface area contributed by atoms with E-state index in [9.17, 15) is 0 Å². The fraction of sp³-hybridized carbons (Fsp3) is 0.556. The van der Waals surface area contributed by atoms with E-state index in [2.05, 4.69) is 36.5 Å². The zero-order valence-corrected chi connectivity index (χ0v) is 9.63. The van der Waals surface area contributed by atoms with Crippen molar-refractivity contribution in [2.45, 2.75) is 25.8 Å². The smallest absolute Gasteiger partial charge is 0.146 e. The van der Waals surface area contributed by atoms with Crippen LogP contribution in [-0.2, 0) is 0 Å². The number of nitrogens with zero attached hydrogens (tertiary/aromatic N) is 2. The van der Waals surface area contributed by atoms with Gasteiger partial charge in [-0.05, 0) is 35.7 Å². The van der Waals surface area contributed by atoms with Crippen molar-refractivity contribution >= 4 is 27.6 Å². The van der Waals surface area contributed by atoms with Gasteiger partial charge in [0.05, 0.1) is 0 Å². The molecule has 0 atom stereocenters. The monoisotopic (exact) mass is 256 g/mol. The minimum absolute atomic E-state index is 0.607. The van der Waals surface area contributed by atoms with Gasteiger partial charge in [0.1, 0.15) is 22.4 Å². The Morgan fingerprint density at radius 2 is 2.14 bits per heavy atom. The Bertz CT molecular complexity index is 325.